The smallest absolute Gasteiger partial charge is 0.283 e. The van der Waals surface area contributed by atoms with Crippen molar-refractivity contribution in [3.63, 3.8) is 0 Å². The van der Waals surface area contributed by atoms with Gasteiger partial charge in [0.25, 0.3) is 10.2 Å². The summed E-state index contributed by atoms with van der Waals surface area (Å²) in [6, 6.07) is 23.1. The summed E-state index contributed by atoms with van der Waals surface area (Å²) in [4.78, 5) is 26.7. The van der Waals surface area contributed by atoms with Crippen LogP contribution in [0.3, 0.4) is 0 Å². The van der Waals surface area contributed by atoms with E-state index in [1.807, 2.05) is 60.7 Å². The fourth-order valence-electron chi connectivity index (χ4n) is 5.20. The normalized spacial score (nSPS) is 17.6. The molecule has 1 saturated heterocycles. The molecule has 1 fully saturated rings. The first-order valence-electron chi connectivity index (χ1n) is 14.4. The van der Waals surface area contributed by atoms with E-state index in [0.717, 1.165) is 11.1 Å². The van der Waals surface area contributed by atoms with Gasteiger partial charge in [-0.25, -0.2) is 4.39 Å². The molecule has 4 N–H and O–H groups in total. The zero-order chi connectivity index (χ0) is 31.2. The average Bonchev–Trinajstić information content (AvgIpc) is 3.28. The number of nitrogens with two attached hydrogens (primary N) is 1. The van der Waals surface area contributed by atoms with Gasteiger partial charge in [0, 0.05) is 43.3 Å². The molecule has 0 aromatic heterocycles. The highest BCUT2D eigenvalue weighted by Crippen LogP contribution is 2.28. The summed E-state index contributed by atoms with van der Waals surface area (Å²) in [6.07, 6.45) is 0.640. The molecule has 0 unspecified atom stereocenters. The Bertz CT molecular complexity index is 1490. The molecular weight excluding hydrogens is 569 g/mol. The van der Waals surface area contributed by atoms with Crippen molar-refractivity contribution in [2.24, 2.45) is 11.7 Å². The third kappa shape index (κ3) is 8.05. The number of hydrogen-bond acceptors (Lipinski definition) is 5. The van der Waals surface area contributed by atoms with Gasteiger partial charge in [0.05, 0.1) is 0 Å². The predicted molar refractivity (Wildman–Crippen MR) is 165 cm³/mol. The number of anilines is 1. The van der Waals surface area contributed by atoms with Crippen molar-refractivity contribution < 1.29 is 22.4 Å². The van der Waals surface area contributed by atoms with Crippen molar-refractivity contribution >= 4 is 27.7 Å². The zero-order valence-corrected chi connectivity index (χ0v) is 25.6. The van der Waals surface area contributed by atoms with Gasteiger partial charge in [-0.3, -0.25) is 9.59 Å². The second kappa shape index (κ2) is 13.8. The van der Waals surface area contributed by atoms with Crippen molar-refractivity contribution in [1.82, 2.24) is 13.9 Å². The molecule has 4 rings (SSSR count). The molecule has 0 aliphatic carbocycles. The molecule has 11 heteroatoms. The first-order valence-corrected chi connectivity index (χ1v) is 15.8. The standard InChI is InChI=1S/C32H40FN5O4S/c1-23(30(39)35-27-16-14-26(33)15-17-27)20-28(34)29(21-24-10-6-4-7-11-24)36-31(40)32(2,3)38-19-18-37(43(38,41)42)22-25-12-8-5-9-13-25/h4-17,23,28-29H,18-22,34H2,1-3H3,(H,35,39)(H,36,40)/t23-,28+,29+/m1/s1. The van der Waals surface area contributed by atoms with Gasteiger partial charge in [-0.2, -0.15) is 17.0 Å². The second-order valence-electron chi connectivity index (χ2n) is 11.5. The third-order valence-corrected chi connectivity index (χ3v) is 10.0. The number of nitrogens with one attached hydrogen (secondary N) is 2. The van der Waals surface area contributed by atoms with E-state index in [2.05, 4.69) is 10.6 Å². The van der Waals surface area contributed by atoms with Crippen LogP contribution in [0, 0.1) is 11.7 Å². The summed E-state index contributed by atoms with van der Waals surface area (Å²) in [5.74, 6) is -1.68. The topological polar surface area (TPSA) is 125 Å². The number of amides is 2. The highest BCUT2D eigenvalue weighted by Gasteiger charge is 2.49. The van der Waals surface area contributed by atoms with Gasteiger partial charge in [0.1, 0.15) is 11.4 Å². The molecule has 1 aliphatic rings. The highest BCUT2D eigenvalue weighted by molar-refractivity contribution is 7.87. The van der Waals surface area contributed by atoms with Crippen LogP contribution in [0.2, 0.25) is 0 Å². The van der Waals surface area contributed by atoms with Crippen molar-refractivity contribution in [2.75, 3.05) is 18.4 Å². The monoisotopic (exact) mass is 609 g/mol. The van der Waals surface area contributed by atoms with E-state index in [0.29, 0.717) is 12.1 Å². The molecule has 1 heterocycles. The fourth-order valence-corrected chi connectivity index (χ4v) is 7.08. The van der Waals surface area contributed by atoms with E-state index >= 15 is 0 Å². The Morgan fingerprint density at radius 1 is 0.930 bits per heavy atom. The number of benzene rings is 3. The minimum atomic E-state index is -3.91. The van der Waals surface area contributed by atoms with Crippen molar-refractivity contribution in [2.45, 2.75) is 57.8 Å². The largest absolute Gasteiger partial charge is 0.350 e. The molecule has 2 amide bonds. The van der Waals surface area contributed by atoms with Gasteiger partial charge in [0.2, 0.25) is 11.8 Å². The number of carbonyl (C=O) groups is 2. The Balaban J connectivity index is 1.47. The lowest BCUT2D eigenvalue weighted by Gasteiger charge is -2.36. The van der Waals surface area contributed by atoms with E-state index in [4.69, 9.17) is 5.73 Å². The van der Waals surface area contributed by atoms with Crippen LogP contribution >= 0.6 is 0 Å². The molecule has 9 nitrogen and oxygen atoms in total. The van der Waals surface area contributed by atoms with E-state index in [-0.39, 0.29) is 32.0 Å². The summed E-state index contributed by atoms with van der Waals surface area (Å²) in [7, 11) is -3.91. The van der Waals surface area contributed by atoms with E-state index in [1.165, 1.54) is 32.9 Å². The van der Waals surface area contributed by atoms with Crippen LogP contribution in [-0.2, 0) is 32.8 Å². The molecule has 3 aromatic carbocycles. The Morgan fingerprint density at radius 3 is 2.12 bits per heavy atom. The van der Waals surface area contributed by atoms with Gasteiger partial charge in [0.15, 0.2) is 0 Å². The number of carbonyl (C=O) groups excluding carboxylic acids is 2. The lowest BCUT2D eigenvalue weighted by molar-refractivity contribution is -0.129. The molecule has 230 valence electrons. The number of halogens is 1. The summed E-state index contributed by atoms with van der Waals surface area (Å²) < 4.78 is 42.9. The van der Waals surface area contributed by atoms with E-state index < -0.39 is 45.5 Å². The number of nitrogens with zero attached hydrogens (tertiary/aromatic N) is 2. The molecule has 43 heavy (non-hydrogen) atoms. The summed E-state index contributed by atoms with van der Waals surface area (Å²) >= 11 is 0. The molecule has 3 aromatic rings. The summed E-state index contributed by atoms with van der Waals surface area (Å²) in [5.41, 5.74) is 7.51. The van der Waals surface area contributed by atoms with Gasteiger partial charge < -0.3 is 16.4 Å². The van der Waals surface area contributed by atoms with Crippen LogP contribution in [0.5, 0.6) is 0 Å². The second-order valence-corrected chi connectivity index (χ2v) is 13.4. The zero-order valence-electron chi connectivity index (χ0n) is 24.7. The first kappa shape index (κ1) is 32.3. The third-order valence-electron chi connectivity index (χ3n) is 7.86. The van der Waals surface area contributed by atoms with Crippen molar-refractivity contribution in [1.29, 1.82) is 0 Å². The van der Waals surface area contributed by atoms with Crippen molar-refractivity contribution in [3.8, 4) is 0 Å². The van der Waals surface area contributed by atoms with E-state index in [9.17, 15) is 22.4 Å². The lowest BCUT2D eigenvalue weighted by Crippen LogP contribution is -2.60. The average molecular weight is 610 g/mol. The quantitative estimate of drug-likeness (QED) is 0.289. The SMILES string of the molecule is C[C@H](C[C@H](N)[C@H](Cc1ccccc1)NC(=O)C(C)(C)N1CCN(Cc2ccccc2)S1(=O)=O)C(=O)Nc1ccc(F)cc1. The first-order chi connectivity index (χ1) is 20.4. The number of rotatable bonds is 12. The van der Waals surface area contributed by atoms with Gasteiger partial charge >= 0.3 is 0 Å². The Hall–Kier alpha value is -3.64. The summed E-state index contributed by atoms with van der Waals surface area (Å²) in [6.45, 7) is 5.58. The Kier molecular flexibility index (Phi) is 10.3. The van der Waals surface area contributed by atoms with Gasteiger partial charge in [-0.15, -0.1) is 0 Å². The van der Waals surface area contributed by atoms with Crippen LogP contribution in [0.25, 0.3) is 0 Å². The van der Waals surface area contributed by atoms with Crippen LogP contribution in [-0.4, -0.2) is 59.6 Å². The van der Waals surface area contributed by atoms with Gasteiger partial charge in [-0.1, -0.05) is 67.6 Å². The minimum Gasteiger partial charge on any atom is -0.350 e. The number of hydrogen-bond donors (Lipinski definition) is 3. The molecule has 0 saturated carbocycles. The van der Waals surface area contributed by atoms with E-state index in [1.54, 1.807) is 20.8 Å². The van der Waals surface area contributed by atoms with Crippen molar-refractivity contribution in [3.05, 3.63) is 102 Å². The Morgan fingerprint density at radius 2 is 1.51 bits per heavy atom. The Labute approximate surface area is 253 Å². The molecule has 0 bridgehead atoms. The van der Waals surface area contributed by atoms with Gasteiger partial charge in [-0.05, 0) is 62.1 Å². The predicted octanol–water partition coefficient (Wildman–Crippen LogP) is 3.69. The van der Waals surface area contributed by atoms with Crippen LogP contribution < -0.4 is 16.4 Å². The molecule has 0 spiro atoms. The summed E-state index contributed by atoms with van der Waals surface area (Å²) in [5, 5.41) is 5.79. The van der Waals surface area contributed by atoms with Crippen LogP contribution in [0.1, 0.15) is 38.3 Å². The molecule has 0 radical (unpaired) electrons. The lowest BCUT2D eigenvalue weighted by atomic mass is 9.91. The molecule has 1 aliphatic heterocycles. The molecular formula is C32H40FN5O4S. The maximum Gasteiger partial charge on any atom is 0.283 e. The molecule has 3 atom stereocenters. The maximum atomic E-state index is 13.8. The van der Waals surface area contributed by atoms with Crippen LogP contribution in [0.15, 0.2) is 84.9 Å². The minimum absolute atomic E-state index is 0.172. The highest BCUT2D eigenvalue weighted by atomic mass is 32.2. The maximum absolute atomic E-state index is 13.8. The van der Waals surface area contributed by atoms with Crippen LogP contribution in [0.4, 0.5) is 10.1 Å². The fraction of sp³-hybridized carbons (Fsp3) is 0.375.